The average Bonchev–Trinajstić information content (AvgIpc) is 2.81. The van der Waals surface area contributed by atoms with Crippen molar-refractivity contribution in [2.24, 2.45) is 23.7 Å². The molecule has 3 aliphatic rings. The van der Waals surface area contributed by atoms with Crippen molar-refractivity contribution in [2.45, 2.75) is 39.0 Å². The lowest BCUT2D eigenvalue weighted by molar-refractivity contribution is -0.125. The summed E-state index contributed by atoms with van der Waals surface area (Å²) >= 11 is 0. The lowest BCUT2D eigenvalue weighted by atomic mass is 10.0. The number of hydrogen-bond acceptors (Lipinski definition) is 2. The number of amides is 1. The maximum atomic E-state index is 12.0. The number of rotatable bonds is 5. The average molecular weight is 250 g/mol. The van der Waals surface area contributed by atoms with Crippen LogP contribution in [-0.2, 0) is 4.79 Å². The molecule has 0 spiro atoms. The SMILES string of the molecule is CC(CNC(=O)C1CC2CC2C1)CN1CCCC1. The standard InChI is InChI=1S/C15H26N2O/c1-11(10-17-4-2-3-5-17)9-16-15(18)14-7-12-6-13(12)8-14/h11-14H,2-10H2,1H3,(H,16,18). The maximum Gasteiger partial charge on any atom is 0.223 e. The second-order valence-electron chi connectivity index (χ2n) is 6.78. The molecule has 0 aromatic rings. The van der Waals surface area contributed by atoms with Gasteiger partial charge >= 0.3 is 0 Å². The molecule has 3 nitrogen and oxygen atoms in total. The Bertz CT molecular complexity index is 302. The van der Waals surface area contributed by atoms with Gasteiger partial charge in [-0.15, -0.1) is 0 Å². The van der Waals surface area contributed by atoms with Gasteiger partial charge in [0, 0.05) is 19.0 Å². The van der Waals surface area contributed by atoms with Gasteiger partial charge in [-0.3, -0.25) is 4.79 Å². The fourth-order valence-electron chi connectivity index (χ4n) is 3.82. The lowest BCUT2D eigenvalue weighted by Gasteiger charge is -2.21. The molecule has 1 heterocycles. The van der Waals surface area contributed by atoms with Crippen molar-refractivity contribution >= 4 is 5.91 Å². The van der Waals surface area contributed by atoms with Gasteiger partial charge in [-0.05, 0) is 62.9 Å². The highest BCUT2D eigenvalue weighted by Gasteiger charge is 2.47. The van der Waals surface area contributed by atoms with Gasteiger partial charge in [0.15, 0.2) is 0 Å². The highest BCUT2D eigenvalue weighted by molar-refractivity contribution is 5.79. The van der Waals surface area contributed by atoms with Crippen LogP contribution in [0.1, 0.15) is 39.0 Å². The van der Waals surface area contributed by atoms with E-state index in [0.29, 0.717) is 17.7 Å². The van der Waals surface area contributed by atoms with E-state index in [1.807, 2.05) is 0 Å². The zero-order valence-electron chi connectivity index (χ0n) is 11.5. The summed E-state index contributed by atoms with van der Waals surface area (Å²) in [5.41, 5.74) is 0. The predicted octanol–water partition coefficient (Wildman–Crippen LogP) is 1.88. The molecule has 2 saturated carbocycles. The first-order valence-corrected chi connectivity index (χ1v) is 7.72. The van der Waals surface area contributed by atoms with Crippen molar-refractivity contribution in [3.05, 3.63) is 0 Å². The molecule has 1 amide bonds. The number of hydrogen-bond donors (Lipinski definition) is 1. The van der Waals surface area contributed by atoms with Crippen LogP contribution in [0.15, 0.2) is 0 Å². The van der Waals surface area contributed by atoms with E-state index in [1.54, 1.807) is 0 Å². The normalized spacial score (nSPS) is 36.4. The predicted molar refractivity (Wildman–Crippen MR) is 72.2 cm³/mol. The van der Waals surface area contributed by atoms with Crippen LogP contribution >= 0.6 is 0 Å². The molecule has 1 N–H and O–H groups in total. The molecule has 2 aliphatic carbocycles. The van der Waals surface area contributed by atoms with E-state index in [1.165, 1.54) is 32.4 Å². The molecule has 3 atom stereocenters. The van der Waals surface area contributed by atoms with Crippen LogP contribution in [0.25, 0.3) is 0 Å². The van der Waals surface area contributed by atoms with Gasteiger partial charge in [0.1, 0.15) is 0 Å². The zero-order valence-corrected chi connectivity index (χ0v) is 11.5. The minimum atomic E-state index is 0.329. The number of nitrogens with zero attached hydrogens (tertiary/aromatic N) is 1. The molecule has 0 radical (unpaired) electrons. The minimum absolute atomic E-state index is 0.329. The second-order valence-corrected chi connectivity index (χ2v) is 6.78. The third-order valence-corrected chi connectivity index (χ3v) is 5.01. The maximum absolute atomic E-state index is 12.0. The molecule has 0 aromatic carbocycles. The molecule has 102 valence electrons. The fourth-order valence-corrected chi connectivity index (χ4v) is 3.82. The number of fused-ring (bicyclic) bond motifs is 1. The summed E-state index contributed by atoms with van der Waals surface area (Å²) in [5.74, 6) is 3.07. The van der Waals surface area contributed by atoms with Crippen LogP contribution in [0.4, 0.5) is 0 Å². The van der Waals surface area contributed by atoms with Gasteiger partial charge < -0.3 is 10.2 Å². The van der Waals surface area contributed by atoms with Gasteiger partial charge in [0.05, 0.1) is 0 Å². The van der Waals surface area contributed by atoms with Gasteiger partial charge in [-0.2, -0.15) is 0 Å². The quantitative estimate of drug-likeness (QED) is 0.808. The first kappa shape index (κ1) is 12.5. The summed E-state index contributed by atoms with van der Waals surface area (Å²) in [6.07, 6.45) is 6.43. The molecule has 0 aromatic heterocycles. The van der Waals surface area contributed by atoms with Gasteiger partial charge in [0.25, 0.3) is 0 Å². The molecule has 1 aliphatic heterocycles. The van der Waals surface area contributed by atoms with Crippen LogP contribution in [-0.4, -0.2) is 37.0 Å². The van der Waals surface area contributed by atoms with E-state index in [2.05, 4.69) is 17.1 Å². The first-order chi connectivity index (χ1) is 8.72. The molecule has 1 saturated heterocycles. The van der Waals surface area contributed by atoms with E-state index in [4.69, 9.17) is 0 Å². The Morgan fingerprint density at radius 3 is 2.56 bits per heavy atom. The molecular weight excluding hydrogens is 224 g/mol. The Hall–Kier alpha value is -0.570. The molecule has 3 rings (SSSR count). The Kier molecular flexibility index (Phi) is 3.60. The zero-order chi connectivity index (χ0) is 12.5. The second kappa shape index (κ2) is 5.20. The topological polar surface area (TPSA) is 32.3 Å². The van der Waals surface area contributed by atoms with Gasteiger partial charge in [-0.25, -0.2) is 0 Å². The third-order valence-electron chi connectivity index (χ3n) is 5.01. The highest BCUT2D eigenvalue weighted by Crippen LogP contribution is 2.54. The first-order valence-electron chi connectivity index (χ1n) is 7.72. The number of likely N-dealkylation sites (tertiary alicyclic amines) is 1. The summed E-state index contributed by atoms with van der Waals surface area (Å²) in [7, 11) is 0. The molecule has 18 heavy (non-hydrogen) atoms. The molecule has 3 heteroatoms. The van der Waals surface area contributed by atoms with Gasteiger partial charge in [0.2, 0.25) is 5.91 Å². The summed E-state index contributed by atoms with van der Waals surface area (Å²) in [5, 5.41) is 3.17. The Balaban J connectivity index is 1.34. The van der Waals surface area contributed by atoms with Crippen molar-refractivity contribution in [1.82, 2.24) is 10.2 Å². The Morgan fingerprint density at radius 2 is 1.89 bits per heavy atom. The van der Waals surface area contributed by atoms with Crippen LogP contribution < -0.4 is 5.32 Å². The van der Waals surface area contributed by atoms with Crippen LogP contribution in [0.2, 0.25) is 0 Å². The van der Waals surface area contributed by atoms with E-state index in [9.17, 15) is 4.79 Å². The summed E-state index contributed by atoms with van der Waals surface area (Å²) in [4.78, 5) is 14.6. The molecule has 0 bridgehead atoms. The largest absolute Gasteiger partial charge is 0.356 e. The monoisotopic (exact) mass is 250 g/mol. The molecule has 3 unspecified atom stereocenters. The highest BCUT2D eigenvalue weighted by atomic mass is 16.1. The van der Waals surface area contributed by atoms with Crippen LogP contribution in [0.3, 0.4) is 0 Å². The van der Waals surface area contributed by atoms with Gasteiger partial charge in [-0.1, -0.05) is 6.92 Å². The van der Waals surface area contributed by atoms with Crippen molar-refractivity contribution in [2.75, 3.05) is 26.2 Å². The summed E-state index contributed by atoms with van der Waals surface area (Å²) in [6, 6.07) is 0. The molecule has 3 fully saturated rings. The Morgan fingerprint density at radius 1 is 1.22 bits per heavy atom. The fraction of sp³-hybridized carbons (Fsp3) is 0.933. The van der Waals surface area contributed by atoms with E-state index in [0.717, 1.165) is 37.8 Å². The number of nitrogens with one attached hydrogen (secondary N) is 1. The lowest BCUT2D eigenvalue weighted by Crippen LogP contribution is -2.37. The minimum Gasteiger partial charge on any atom is -0.356 e. The van der Waals surface area contributed by atoms with Crippen molar-refractivity contribution in [1.29, 1.82) is 0 Å². The Labute approximate surface area is 110 Å². The molecular formula is C15H26N2O. The smallest absolute Gasteiger partial charge is 0.223 e. The van der Waals surface area contributed by atoms with Crippen molar-refractivity contribution in [3.63, 3.8) is 0 Å². The number of carbonyl (C=O) groups excluding carboxylic acids is 1. The van der Waals surface area contributed by atoms with Crippen molar-refractivity contribution < 1.29 is 4.79 Å². The summed E-state index contributed by atoms with van der Waals surface area (Å²) < 4.78 is 0. The number of carbonyl (C=O) groups is 1. The van der Waals surface area contributed by atoms with Crippen LogP contribution in [0, 0.1) is 23.7 Å². The van der Waals surface area contributed by atoms with E-state index >= 15 is 0 Å². The summed E-state index contributed by atoms with van der Waals surface area (Å²) in [6.45, 7) is 6.77. The van der Waals surface area contributed by atoms with E-state index in [-0.39, 0.29) is 0 Å². The van der Waals surface area contributed by atoms with Crippen LogP contribution in [0.5, 0.6) is 0 Å². The third kappa shape index (κ3) is 2.87. The van der Waals surface area contributed by atoms with Crippen molar-refractivity contribution in [3.8, 4) is 0 Å². The van der Waals surface area contributed by atoms with E-state index < -0.39 is 0 Å².